The number of piperidine rings is 1. The number of nitrogens with zero attached hydrogens (tertiary/aromatic N) is 1. The van der Waals surface area contributed by atoms with Crippen molar-refractivity contribution in [1.82, 2.24) is 15.5 Å². The van der Waals surface area contributed by atoms with Crippen molar-refractivity contribution in [3.8, 4) is 0 Å². The van der Waals surface area contributed by atoms with Crippen molar-refractivity contribution in [3.05, 3.63) is 0 Å². The van der Waals surface area contributed by atoms with E-state index in [4.69, 9.17) is 0 Å². The van der Waals surface area contributed by atoms with Gasteiger partial charge in [0.05, 0.1) is 6.54 Å². The van der Waals surface area contributed by atoms with Crippen LogP contribution >= 0.6 is 0 Å². The molecule has 1 unspecified atom stereocenters. The van der Waals surface area contributed by atoms with E-state index in [9.17, 15) is 9.59 Å². The van der Waals surface area contributed by atoms with Gasteiger partial charge in [-0.25, -0.2) is 0 Å². The van der Waals surface area contributed by atoms with Gasteiger partial charge in [-0.05, 0) is 19.3 Å². The van der Waals surface area contributed by atoms with Crippen LogP contribution in [-0.4, -0.2) is 48.9 Å². The predicted octanol–water partition coefficient (Wildman–Crippen LogP) is 0.646. The minimum absolute atomic E-state index is 0.0893. The molecule has 5 heteroatoms. The van der Waals surface area contributed by atoms with Crippen molar-refractivity contribution in [2.75, 3.05) is 20.1 Å². The maximum absolute atomic E-state index is 11.8. The molecule has 108 valence electrons. The Morgan fingerprint density at radius 2 is 1.95 bits per heavy atom. The third-order valence-corrected chi connectivity index (χ3v) is 4.15. The summed E-state index contributed by atoms with van der Waals surface area (Å²) < 4.78 is 0. The number of hydrogen-bond acceptors (Lipinski definition) is 3. The average Bonchev–Trinajstić information content (AvgIpc) is 2.41. The Labute approximate surface area is 115 Å². The molecule has 0 aromatic heterocycles. The SMILES string of the molecule is CN1CC(NCC(=O)NC2CCCCC2)CCC1=O. The third-order valence-electron chi connectivity index (χ3n) is 4.15. The van der Waals surface area contributed by atoms with Crippen molar-refractivity contribution in [3.63, 3.8) is 0 Å². The summed E-state index contributed by atoms with van der Waals surface area (Å²) in [4.78, 5) is 24.9. The van der Waals surface area contributed by atoms with Crippen LogP contribution < -0.4 is 10.6 Å². The number of carbonyl (C=O) groups excluding carboxylic acids is 2. The molecule has 1 saturated heterocycles. The van der Waals surface area contributed by atoms with Crippen LogP contribution in [0.1, 0.15) is 44.9 Å². The number of rotatable bonds is 4. The molecule has 0 bridgehead atoms. The number of likely N-dealkylation sites (N-methyl/N-ethyl adjacent to an activating group) is 1. The van der Waals surface area contributed by atoms with E-state index >= 15 is 0 Å². The van der Waals surface area contributed by atoms with Crippen LogP contribution in [-0.2, 0) is 9.59 Å². The van der Waals surface area contributed by atoms with Crippen LogP contribution in [0.25, 0.3) is 0 Å². The number of amides is 2. The van der Waals surface area contributed by atoms with Gasteiger partial charge in [-0.3, -0.25) is 9.59 Å². The zero-order chi connectivity index (χ0) is 13.7. The normalized spacial score (nSPS) is 25.4. The van der Waals surface area contributed by atoms with Crippen molar-refractivity contribution >= 4 is 11.8 Å². The van der Waals surface area contributed by atoms with Crippen molar-refractivity contribution in [2.45, 2.75) is 57.0 Å². The van der Waals surface area contributed by atoms with Gasteiger partial charge in [-0.2, -0.15) is 0 Å². The van der Waals surface area contributed by atoms with E-state index in [-0.39, 0.29) is 17.9 Å². The monoisotopic (exact) mass is 267 g/mol. The first-order chi connectivity index (χ1) is 9.15. The van der Waals surface area contributed by atoms with Crippen LogP contribution in [0.3, 0.4) is 0 Å². The van der Waals surface area contributed by atoms with Crippen molar-refractivity contribution in [2.24, 2.45) is 0 Å². The molecule has 2 rings (SSSR count). The van der Waals surface area contributed by atoms with Gasteiger partial charge in [-0.1, -0.05) is 19.3 Å². The highest BCUT2D eigenvalue weighted by Crippen LogP contribution is 2.17. The molecule has 2 amide bonds. The van der Waals surface area contributed by atoms with Gasteiger partial charge in [0, 0.05) is 32.1 Å². The van der Waals surface area contributed by atoms with Crippen LogP contribution in [0, 0.1) is 0 Å². The van der Waals surface area contributed by atoms with Gasteiger partial charge in [0.1, 0.15) is 0 Å². The fourth-order valence-electron chi connectivity index (χ4n) is 2.94. The molecular formula is C14H25N3O2. The van der Waals surface area contributed by atoms with Gasteiger partial charge >= 0.3 is 0 Å². The summed E-state index contributed by atoms with van der Waals surface area (Å²) in [5.41, 5.74) is 0. The molecule has 19 heavy (non-hydrogen) atoms. The van der Waals surface area contributed by atoms with Gasteiger partial charge < -0.3 is 15.5 Å². The second-order valence-electron chi connectivity index (χ2n) is 5.79. The highest BCUT2D eigenvalue weighted by molar-refractivity contribution is 5.78. The van der Waals surface area contributed by atoms with E-state index in [0.717, 1.165) is 19.3 Å². The Hall–Kier alpha value is -1.10. The first-order valence-corrected chi connectivity index (χ1v) is 7.42. The lowest BCUT2D eigenvalue weighted by atomic mass is 9.95. The van der Waals surface area contributed by atoms with Crippen LogP contribution in [0.15, 0.2) is 0 Å². The maximum Gasteiger partial charge on any atom is 0.234 e. The highest BCUT2D eigenvalue weighted by Gasteiger charge is 2.23. The van der Waals surface area contributed by atoms with Gasteiger partial charge in [0.15, 0.2) is 0 Å². The summed E-state index contributed by atoms with van der Waals surface area (Å²) in [6.45, 7) is 1.07. The molecule has 1 atom stereocenters. The summed E-state index contributed by atoms with van der Waals surface area (Å²) in [7, 11) is 1.82. The molecule has 2 N–H and O–H groups in total. The quantitative estimate of drug-likeness (QED) is 0.786. The topological polar surface area (TPSA) is 61.4 Å². The Morgan fingerprint density at radius 3 is 2.63 bits per heavy atom. The molecule has 1 aliphatic heterocycles. The van der Waals surface area contributed by atoms with Gasteiger partial charge in [-0.15, -0.1) is 0 Å². The fraction of sp³-hybridized carbons (Fsp3) is 0.857. The lowest BCUT2D eigenvalue weighted by Gasteiger charge is -2.30. The molecule has 1 aliphatic carbocycles. The second-order valence-corrected chi connectivity index (χ2v) is 5.79. The molecule has 0 aromatic carbocycles. The van der Waals surface area contributed by atoms with E-state index in [1.165, 1.54) is 19.3 Å². The van der Waals surface area contributed by atoms with Crippen molar-refractivity contribution in [1.29, 1.82) is 0 Å². The number of nitrogens with one attached hydrogen (secondary N) is 2. The zero-order valence-corrected chi connectivity index (χ0v) is 11.8. The molecular weight excluding hydrogens is 242 g/mol. The van der Waals surface area contributed by atoms with E-state index in [1.54, 1.807) is 4.90 Å². The number of carbonyl (C=O) groups is 2. The van der Waals surface area contributed by atoms with Gasteiger partial charge in [0.2, 0.25) is 11.8 Å². The lowest BCUT2D eigenvalue weighted by Crippen LogP contribution is -2.50. The van der Waals surface area contributed by atoms with E-state index in [2.05, 4.69) is 10.6 Å². The van der Waals surface area contributed by atoms with E-state index < -0.39 is 0 Å². The molecule has 0 aromatic rings. The summed E-state index contributed by atoms with van der Waals surface area (Å²) in [6.07, 6.45) is 7.41. The van der Waals surface area contributed by atoms with Gasteiger partial charge in [0.25, 0.3) is 0 Å². The molecule has 0 spiro atoms. The Balaban J connectivity index is 1.64. The van der Waals surface area contributed by atoms with Crippen LogP contribution in [0.5, 0.6) is 0 Å². The summed E-state index contributed by atoms with van der Waals surface area (Å²) in [5, 5.41) is 6.35. The van der Waals surface area contributed by atoms with Crippen LogP contribution in [0.2, 0.25) is 0 Å². The highest BCUT2D eigenvalue weighted by atomic mass is 16.2. The first-order valence-electron chi connectivity index (χ1n) is 7.42. The van der Waals surface area contributed by atoms with Crippen molar-refractivity contribution < 1.29 is 9.59 Å². The Morgan fingerprint density at radius 1 is 1.21 bits per heavy atom. The standard InChI is InChI=1S/C14H25N3O2/c1-17-10-12(7-8-14(17)19)15-9-13(18)16-11-5-3-2-4-6-11/h11-12,15H,2-10H2,1H3,(H,16,18). The molecule has 0 radical (unpaired) electrons. The second kappa shape index (κ2) is 6.89. The largest absolute Gasteiger partial charge is 0.352 e. The summed E-state index contributed by atoms with van der Waals surface area (Å²) in [5.74, 6) is 0.288. The Kier molecular flexibility index (Phi) is 5.19. The average molecular weight is 267 g/mol. The van der Waals surface area contributed by atoms with E-state index in [0.29, 0.717) is 25.6 Å². The van der Waals surface area contributed by atoms with Crippen LogP contribution in [0.4, 0.5) is 0 Å². The molecule has 5 nitrogen and oxygen atoms in total. The number of hydrogen-bond donors (Lipinski definition) is 2. The summed E-state index contributed by atoms with van der Waals surface area (Å²) >= 11 is 0. The minimum atomic E-state index is 0.0893. The lowest BCUT2D eigenvalue weighted by molar-refractivity contribution is -0.132. The Bertz CT molecular complexity index is 327. The molecule has 2 fully saturated rings. The first kappa shape index (κ1) is 14.3. The molecule has 1 saturated carbocycles. The smallest absolute Gasteiger partial charge is 0.234 e. The molecule has 1 heterocycles. The summed E-state index contributed by atoms with van der Waals surface area (Å²) in [6, 6.07) is 0.624. The zero-order valence-electron chi connectivity index (χ0n) is 11.8. The fourth-order valence-corrected chi connectivity index (χ4v) is 2.94. The number of likely N-dealkylation sites (tertiary alicyclic amines) is 1. The maximum atomic E-state index is 11.8. The van der Waals surface area contributed by atoms with E-state index in [1.807, 2.05) is 7.05 Å². The predicted molar refractivity (Wildman–Crippen MR) is 73.7 cm³/mol. The third kappa shape index (κ3) is 4.49. The molecule has 2 aliphatic rings. The minimum Gasteiger partial charge on any atom is -0.352 e.